The van der Waals surface area contributed by atoms with Gasteiger partial charge in [0.1, 0.15) is 18.6 Å². The molecule has 2 N–H and O–H groups in total. The molecule has 0 saturated heterocycles. The third kappa shape index (κ3) is 3.53. The fourth-order valence-corrected chi connectivity index (χ4v) is 2.11. The van der Waals surface area contributed by atoms with Crippen molar-refractivity contribution in [1.82, 2.24) is 10.3 Å². The second-order valence-corrected chi connectivity index (χ2v) is 4.50. The number of hydrogen-bond acceptors (Lipinski definition) is 5. The van der Waals surface area contributed by atoms with Crippen molar-refractivity contribution in [1.29, 1.82) is 0 Å². The molecular formula is C13H16N2O2S. The lowest BCUT2D eigenvalue weighted by Crippen LogP contribution is -2.33. The van der Waals surface area contributed by atoms with Crippen molar-refractivity contribution in [2.45, 2.75) is 13.2 Å². The van der Waals surface area contributed by atoms with Gasteiger partial charge in [0.05, 0.1) is 11.2 Å². The summed E-state index contributed by atoms with van der Waals surface area (Å²) in [7, 11) is 0. The van der Waals surface area contributed by atoms with Crippen LogP contribution in [-0.2, 0) is 0 Å². The van der Waals surface area contributed by atoms with Crippen LogP contribution in [0.5, 0.6) is 5.75 Å². The molecule has 1 aromatic heterocycles. The summed E-state index contributed by atoms with van der Waals surface area (Å²) in [6, 6.07) is 7.69. The first kappa shape index (κ1) is 13.0. The molecule has 0 aliphatic heterocycles. The quantitative estimate of drug-likeness (QED) is 0.785. The first-order valence-electron chi connectivity index (χ1n) is 5.82. The first-order chi connectivity index (χ1) is 8.79. The van der Waals surface area contributed by atoms with Crippen LogP contribution in [0, 0.1) is 0 Å². The number of rotatable bonds is 6. The molecule has 18 heavy (non-hydrogen) atoms. The lowest BCUT2D eigenvalue weighted by molar-refractivity contribution is 0.0807. The van der Waals surface area contributed by atoms with E-state index in [1.807, 2.05) is 42.1 Å². The molecule has 5 heteroatoms. The highest BCUT2D eigenvalue weighted by molar-refractivity contribution is 7.07. The highest BCUT2D eigenvalue weighted by atomic mass is 32.1. The Morgan fingerprint density at radius 3 is 2.78 bits per heavy atom. The molecule has 0 amide bonds. The summed E-state index contributed by atoms with van der Waals surface area (Å²) in [5.41, 5.74) is 3.85. The summed E-state index contributed by atoms with van der Waals surface area (Å²) in [5, 5.41) is 14.3. The maximum Gasteiger partial charge on any atom is 0.139 e. The Bertz CT molecular complexity index is 456. The van der Waals surface area contributed by atoms with E-state index in [0.29, 0.717) is 6.54 Å². The molecule has 0 aliphatic carbocycles. The van der Waals surface area contributed by atoms with Crippen molar-refractivity contribution in [3.8, 4) is 17.0 Å². The molecule has 4 nitrogen and oxygen atoms in total. The molecule has 0 aliphatic rings. The maximum absolute atomic E-state index is 9.47. The van der Waals surface area contributed by atoms with Gasteiger partial charge in [0.25, 0.3) is 0 Å². The molecule has 0 saturated carbocycles. The van der Waals surface area contributed by atoms with Gasteiger partial charge in [-0.05, 0) is 30.8 Å². The van der Waals surface area contributed by atoms with E-state index in [-0.39, 0.29) is 6.61 Å². The van der Waals surface area contributed by atoms with Gasteiger partial charge in [-0.25, -0.2) is 4.98 Å². The van der Waals surface area contributed by atoms with Gasteiger partial charge in [-0.2, -0.15) is 0 Å². The standard InChI is InChI=1S/C13H16N2O2S/c1-2-14-13(16)7-17-11-5-3-10(4-6-11)12-8-18-9-15-12/h3-6,8-9,13-14,16H,2,7H2,1H3. The largest absolute Gasteiger partial charge is 0.489 e. The van der Waals surface area contributed by atoms with E-state index in [2.05, 4.69) is 10.3 Å². The molecular weight excluding hydrogens is 248 g/mol. The van der Waals surface area contributed by atoms with Crippen LogP contribution in [0.1, 0.15) is 6.92 Å². The SMILES string of the molecule is CCNC(O)COc1ccc(-c2cscn2)cc1. The van der Waals surface area contributed by atoms with E-state index in [0.717, 1.165) is 17.0 Å². The molecule has 0 bridgehead atoms. The van der Waals surface area contributed by atoms with Crippen LogP contribution in [0.25, 0.3) is 11.3 Å². The van der Waals surface area contributed by atoms with Gasteiger partial charge in [-0.15, -0.1) is 11.3 Å². The molecule has 1 aromatic carbocycles. The van der Waals surface area contributed by atoms with Crippen LogP contribution in [0.3, 0.4) is 0 Å². The number of nitrogens with one attached hydrogen (secondary N) is 1. The molecule has 1 unspecified atom stereocenters. The lowest BCUT2D eigenvalue weighted by Gasteiger charge is -2.12. The molecule has 1 heterocycles. The highest BCUT2D eigenvalue weighted by Crippen LogP contribution is 2.22. The predicted molar refractivity (Wildman–Crippen MR) is 72.7 cm³/mol. The predicted octanol–water partition coefficient (Wildman–Crippen LogP) is 2.12. The van der Waals surface area contributed by atoms with Crippen LogP contribution >= 0.6 is 11.3 Å². The number of thiazole rings is 1. The van der Waals surface area contributed by atoms with Crippen LogP contribution in [0.4, 0.5) is 0 Å². The van der Waals surface area contributed by atoms with E-state index >= 15 is 0 Å². The number of nitrogens with zero attached hydrogens (tertiary/aromatic N) is 1. The molecule has 2 aromatic rings. The Kier molecular flexibility index (Phi) is 4.69. The highest BCUT2D eigenvalue weighted by Gasteiger charge is 2.03. The normalized spacial score (nSPS) is 12.3. The van der Waals surface area contributed by atoms with Crippen molar-refractivity contribution >= 4 is 11.3 Å². The van der Waals surface area contributed by atoms with E-state index < -0.39 is 6.23 Å². The van der Waals surface area contributed by atoms with E-state index in [4.69, 9.17) is 4.74 Å². The molecule has 2 rings (SSSR count). The number of aromatic nitrogens is 1. The Balaban J connectivity index is 1.92. The summed E-state index contributed by atoms with van der Waals surface area (Å²) < 4.78 is 5.46. The summed E-state index contributed by atoms with van der Waals surface area (Å²) in [4.78, 5) is 4.24. The maximum atomic E-state index is 9.47. The second kappa shape index (κ2) is 6.49. The van der Waals surface area contributed by atoms with Crippen LogP contribution < -0.4 is 10.1 Å². The Labute approximate surface area is 110 Å². The van der Waals surface area contributed by atoms with Crippen LogP contribution in [0.2, 0.25) is 0 Å². The van der Waals surface area contributed by atoms with Crippen LogP contribution in [0.15, 0.2) is 35.2 Å². The van der Waals surface area contributed by atoms with E-state index in [1.54, 1.807) is 11.3 Å². The average Bonchev–Trinajstić information content (AvgIpc) is 2.91. The van der Waals surface area contributed by atoms with E-state index in [9.17, 15) is 5.11 Å². The van der Waals surface area contributed by atoms with Crippen LogP contribution in [-0.4, -0.2) is 29.5 Å². The fourth-order valence-electron chi connectivity index (χ4n) is 1.55. The van der Waals surface area contributed by atoms with Gasteiger partial charge in [0.15, 0.2) is 0 Å². The van der Waals surface area contributed by atoms with Crippen molar-refractivity contribution in [2.24, 2.45) is 0 Å². The van der Waals surface area contributed by atoms with Gasteiger partial charge in [0, 0.05) is 10.9 Å². The fraction of sp³-hybridized carbons (Fsp3) is 0.308. The zero-order valence-corrected chi connectivity index (χ0v) is 11.0. The lowest BCUT2D eigenvalue weighted by atomic mass is 10.2. The molecule has 1 atom stereocenters. The summed E-state index contributed by atoms with van der Waals surface area (Å²) >= 11 is 1.57. The van der Waals surface area contributed by atoms with Crippen molar-refractivity contribution in [2.75, 3.05) is 13.2 Å². The summed E-state index contributed by atoms with van der Waals surface area (Å²) in [6.45, 7) is 2.89. The minimum absolute atomic E-state index is 0.240. The molecule has 0 fully saturated rings. The summed E-state index contributed by atoms with van der Waals surface area (Å²) in [5.74, 6) is 0.742. The van der Waals surface area contributed by atoms with Gasteiger partial charge in [-0.1, -0.05) is 6.92 Å². The number of aliphatic hydroxyl groups excluding tert-OH is 1. The number of ether oxygens (including phenoxy) is 1. The van der Waals surface area contributed by atoms with Crippen molar-refractivity contribution in [3.63, 3.8) is 0 Å². The number of hydrogen-bond donors (Lipinski definition) is 2. The summed E-state index contributed by atoms with van der Waals surface area (Å²) in [6.07, 6.45) is -0.631. The molecule has 96 valence electrons. The second-order valence-electron chi connectivity index (χ2n) is 3.78. The zero-order valence-electron chi connectivity index (χ0n) is 10.2. The van der Waals surface area contributed by atoms with E-state index in [1.165, 1.54) is 0 Å². The first-order valence-corrected chi connectivity index (χ1v) is 6.76. The smallest absolute Gasteiger partial charge is 0.139 e. The molecule has 0 radical (unpaired) electrons. The third-order valence-corrected chi connectivity index (χ3v) is 3.02. The van der Waals surface area contributed by atoms with Gasteiger partial charge in [-0.3, -0.25) is 5.32 Å². The number of aliphatic hydroxyl groups is 1. The Morgan fingerprint density at radius 1 is 1.39 bits per heavy atom. The van der Waals surface area contributed by atoms with Gasteiger partial charge < -0.3 is 9.84 Å². The van der Waals surface area contributed by atoms with Crippen molar-refractivity contribution < 1.29 is 9.84 Å². The van der Waals surface area contributed by atoms with Gasteiger partial charge in [0.2, 0.25) is 0 Å². The minimum atomic E-state index is -0.631. The topological polar surface area (TPSA) is 54.4 Å². The average molecular weight is 264 g/mol. The third-order valence-electron chi connectivity index (χ3n) is 2.43. The zero-order chi connectivity index (χ0) is 12.8. The van der Waals surface area contributed by atoms with Gasteiger partial charge >= 0.3 is 0 Å². The molecule has 0 spiro atoms. The van der Waals surface area contributed by atoms with Crippen molar-refractivity contribution in [3.05, 3.63) is 35.2 Å². The Hall–Kier alpha value is -1.43. The number of likely N-dealkylation sites (N-methyl/N-ethyl adjacent to an activating group) is 1. The number of benzene rings is 1. The minimum Gasteiger partial charge on any atom is -0.489 e. The Morgan fingerprint density at radius 2 is 2.17 bits per heavy atom. The monoisotopic (exact) mass is 264 g/mol.